The maximum Gasteiger partial charge on any atom is 0.251 e. The minimum Gasteiger partial charge on any atom is -0.370 e. The highest BCUT2D eigenvalue weighted by Crippen LogP contribution is 2.09. The summed E-state index contributed by atoms with van der Waals surface area (Å²) in [5.41, 5.74) is 0.408. The summed E-state index contributed by atoms with van der Waals surface area (Å²) in [6, 6.07) is 3.49. The van der Waals surface area contributed by atoms with Crippen LogP contribution in [0.4, 0.5) is 5.82 Å². The number of anilines is 1. The number of hydrogen-bond donors (Lipinski definition) is 2. The van der Waals surface area contributed by atoms with Gasteiger partial charge in [0.25, 0.3) is 5.91 Å². The number of amides is 1. The molecule has 4 nitrogen and oxygen atoms in total. The summed E-state index contributed by atoms with van der Waals surface area (Å²) in [4.78, 5) is 16.1. The monoisotopic (exact) mass is 235 g/mol. The average Bonchev–Trinajstić information content (AvgIpc) is 2.24. The largest absolute Gasteiger partial charge is 0.370 e. The van der Waals surface area contributed by atoms with Crippen molar-refractivity contribution in [3.05, 3.63) is 23.9 Å². The molecule has 1 rings (SSSR count). The lowest BCUT2D eigenvalue weighted by Gasteiger charge is -2.20. The van der Waals surface area contributed by atoms with Crippen LogP contribution in [0.25, 0.3) is 0 Å². The van der Waals surface area contributed by atoms with E-state index in [1.807, 2.05) is 20.8 Å². The molecule has 0 atom stereocenters. The summed E-state index contributed by atoms with van der Waals surface area (Å²) < 4.78 is 0. The predicted molar refractivity (Wildman–Crippen MR) is 70.2 cm³/mol. The Hall–Kier alpha value is -1.58. The molecule has 1 heterocycles. The average molecular weight is 235 g/mol. The van der Waals surface area contributed by atoms with Crippen LogP contribution in [0.15, 0.2) is 18.3 Å². The van der Waals surface area contributed by atoms with Gasteiger partial charge in [-0.3, -0.25) is 4.79 Å². The molecule has 0 bridgehead atoms. The summed E-state index contributed by atoms with van der Waals surface area (Å²) in [6.07, 6.45) is 2.68. The van der Waals surface area contributed by atoms with E-state index in [-0.39, 0.29) is 11.4 Å². The van der Waals surface area contributed by atoms with Gasteiger partial charge in [0.05, 0.1) is 0 Å². The fourth-order valence-corrected chi connectivity index (χ4v) is 1.33. The fraction of sp³-hybridized carbons (Fsp3) is 0.538. The van der Waals surface area contributed by atoms with Crippen molar-refractivity contribution in [2.75, 3.05) is 11.9 Å². The minimum atomic E-state index is -0.225. The van der Waals surface area contributed by atoms with E-state index in [0.717, 1.165) is 18.8 Å². The van der Waals surface area contributed by atoms with Crippen LogP contribution in [-0.4, -0.2) is 23.0 Å². The van der Waals surface area contributed by atoms with E-state index < -0.39 is 0 Å². The lowest BCUT2D eigenvalue weighted by Crippen LogP contribution is -2.40. The highest BCUT2D eigenvalue weighted by atomic mass is 16.1. The standard InChI is InChI=1S/C13H21N3O/c1-5-7-14-11-9-10(6-8-15-11)12(17)16-13(2,3)4/h6,8-9H,5,7H2,1-4H3,(H,14,15)(H,16,17). The highest BCUT2D eigenvalue weighted by molar-refractivity contribution is 5.95. The van der Waals surface area contributed by atoms with Crippen molar-refractivity contribution in [1.82, 2.24) is 10.3 Å². The van der Waals surface area contributed by atoms with Crippen molar-refractivity contribution >= 4 is 11.7 Å². The van der Waals surface area contributed by atoms with Crippen molar-refractivity contribution in [1.29, 1.82) is 0 Å². The van der Waals surface area contributed by atoms with E-state index in [1.165, 1.54) is 0 Å². The maximum absolute atomic E-state index is 11.9. The van der Waals surface area contributed by atoms with E-state index in [4.69, 9.17) is 0 Å². The number of hydrogen-bond acceptors (Lipinski definition) is 3. The molecule has 0 aromatic carbocycles. The zero-order valence-corrected chi connectivity index (χ0v) is 11.0. The molecular formula is C13H21N3O. The number of nitrogens with zero attached hydrogens (tertiary/aromatic N) is 1. The first-order valence-corrected chi connectivity index (χ1v) is 5.95. The second-order valence-corrected chi connectivity index (χ2v) is 5.06. The van der Waals surface area contributed by atoms with Gasteiger partial charge in [0.15, 0.2) is 0 Å². The quantitative estimate of drug-likeness (QED) is 0.842. The molecule has 0 fully saturated rings. The molecule has 0 radical (unpaired) electrons. The van der Waals surface area contributed by atoms with Crippen LogP contribution >= 0.6 is 0 Å². The molecule has 1 amide bonds. The molecule has 0 spiro atoms. The molecule has 0 aliphatic heterocycles. The predicted octanol–water partition coefficient (Wildman–Crippen LogP) is 2.43. The van der Waals surface area contributed by atoms with Crippen LogP contribution < -0.4 is 10.6 Å². The van der Waals surface area contributed by atoms with Gasteiger partial charge < -0.3 is 10.6 Å². The Labute approximate surface area is 103 Å². The van der Waals surface area contributed by atoms with Crippen LogP contribution in [0.2, 0.25) is 0 Å². The number of pyridine rings is 1. The Kier molecular flexibility index (Phi) is 4.49. The number of carbonyl (C=O) groups is 1. The lowest BCUT2D eigenvalue weighted by molar-refractivity contribution is 0.0919. The zero-order valence-electron chi connectivity index (χ0n) is 11.0. The van der Waals surface area contributed by atoms with E-state index in [2.05, 4.69) is 22.5 Å². The molecule has 0 saturated heterocycles. The van der Waals surface area contributed by atoms with Crippen molar-refractivity contribution < 1.29 is 4.79 Å². The fourth-order valence-electron chi connectivity index (χ4n) is 1.33. The van der Waals surface area contributed by atoms with Crippen molar-refractivity contribution in [3.63, 3.8) is 0 Å². The molecule has 17 heavy (non-hydrogen) atoms. The van der Waals surface area contributed by atoms with Gasteiger partial charge in [0, 0.05) is 23.8 Å². The lowest BCUT2D eigenvalue weighted by atomic mass is 10.1. The first kappa shape index (κ1) is 13.5. The number of aromatic nitrogens is 1. The van der Waals surface area contributed by atoms with Crippen LogP contribution in [0.5, 0.6) is 0 Å². The van der Waals surface area contributed by atoms with Gasteiger partial charge in [-0.1, -0.05) is 6.92 Å². The third-order valence-electron chi connectivity index (χ3n) is 2.07. The van der Waals surface area contributed by atoms with Gasteiger partial charge in [-0.05, 0) is 39.3 Å². The molecule has 0 unspecified atom stereocenters. The maximum atomic E-state index is 11.9. The van der Waals surface area contributed by atoms with E-state index >= 15 is 0 Å². The molecule has 0 saturated carbocycles. The van der Waals surface area contributed by atoms with Crippen molar-refractivity contribution in [2.24, 2.45) is 0 Å². The van der Waals surface area contributed by atoms with Gasteiger partial charge in [-0.15, -0.1) is 0 Å². The number of rotatable bonds is 4. The van der Waals surface area contributed by atoms with Crippen LogP contribution in [0.1, 0.15) is 44.5 Å². The Morgan fingerprint density at radius 1 is 1.41 bits per heavy atom. The second kappa shape index (κ2) is 5.66. The van der Waals surface area contributed by atoms with Crippen molar-refractivity contribution in [2.45, 2.75) is 39.7 Å². The van der Waals surface area contributed by atoms with Crippen LogP contribution in [0, 0.1) is 0 Å². The molecule has 1 aromatic rings. The molecule has 94 valence electrons. The first-order valence-electron chi connectivity index (χ1n) is 5.95. The van der Waals surface area contributed by atoms with E-state index in [1.54, 1.807) is 18.3 Å². The van der Waals surface area contributed by atoms with E-state index in [9.17, 15) is 4.79 Å². The van der Waals surface area contributed by atoms with Gasteiger partial charge in [0.2, 0.25) is 0 Å². The Balaban J connectivity index is 2.74. The third kappa shape index (κ3) is 4.85. The highest BCUT2D eigenvalue weighted by Gasteiger charge is 2.15. The molecule has 4 heteroatoms. The summed E-state index contributed by atoms with van der Waals surface area (Å²) in [5.74, 6) is 0.674. The van der Waals surface area contributed by atoms with Crippen LogP contribution in [-0.2, 0) is 0 Å². The number of carbonyl (C=O) groups excluding carboxylic acids is 1. The number of nitrogens with one attached hydrogen (secondary N) is 2. The molecule has 0 aliphatic carbocycles. The summed E-state index contributed by atoms with van der Waals surface area (Å²) >= 11 is 0. The Morgan fingerprint density at radius 3 is 2.71 bits per heavy atom. The summed E-state index contributed by atoms with van der Waals surface area (Å²) in [5, 5.41) is 6.09. The first-order chi connectivity index (χ1) is 7.92. The second-order valence-electron chi connectivity index (χ2n) is 5.06. The topological polar surface area (TPSA) is 54.0 Å². The summed E-state index contributed by atoms with van der Waals surface area (Å²) in [7, 11) is 0. The molecular weight excluding hydrogens is 214 g/mol. The third-order valence-corrected chi connectivity index (χ3v) is 2.07. The smallest absolute Gasteiger partial charge is 0.251 e. The van der Waals surface area contributed by atoms with Gasteiger partial charge >= 0.3 is 0 Å². The molecule has 1 aromatic heterocycles. The summed E-state index contributed by atoms with van der Waals surface area (Å²) in [6.45, 7) is 8.83. The Morgan fingerprint density at radius 2 is 2.12 bits per heavy atom. The Bertz CT molecular complexity index is 382. The van der Waals surface area contributed by atoms with E-state index in [0.29, 0.717) is 5.56 Å². The van der Waals surface area contributed by atoms with Crippen molar-refractivity contribution in [3.8, 4) is 0 Å². The molecule has 0 aliphatic rings. The normalized spacial score (nSPS) is 11.1. The minimum absolute atomic E-state index is 0.0700. The SMILES string of the molecule is CCCNc1cc(C(=O)NC(C)(C)C)ccn1. The van der Waals surface area contributed by atoms with Gasteiger partial charge in [0.1, 0.15) is 5.82 Å². The van der Waals surface area contributed by atoms with Crippen LogP contribution in [0.3, 0.4) is 0 Å². The van der Waals surface area contributed by atoms with Gasteiger partial charge in [-0.2, -0.15) is 0 Å². The zero-order chi connectivity index (χ0) is 12.9. The van der Waals surface area contributed by atoms with Gasteiger partial charge in [-0.25, -0.2) is 4.98 Å². The molecule has 2 N–H and O–H groups in total.